The van der Waals surface area contributed by atoms with Crippen LogP contribution in [0.2, 0.25) is 0 Å². The molecule has 7 aliphatic carbocycles. The zero-order chi connectivity index (χ0) is 49.4. The van der Waals surface area contributed by atoms with Crippen LogP contribution in [0.3, 0.4) is 0 Å². The molecule has 4 unspecified atom stereocenters. The maximum absolute atomic E-state index is 15.8. The zero-order valence-corrected chi connectivity index (χ0v) is 41.2. The summed E-state index contributed by atoms with van der Waals surface area (Å²) in [4.78, 5) is 29.6. The van der Waals surface area contributed by atoms with E-state index in [2.05, 4.69) is 0 Å². The van der Waals surface area contributed by atoms with Gasteiger partial charge in [0.05, 0.1) is 11.2 Å². The van der Waals surface area contributed by atoms with Crippen LogP contribution in [0, 0.1) is 0 Å². The summed E-state index contributed by atoms with van der Waals surface area (Å²) < 4.78 is 15.7. The highest BCUT2D eigenvalue weighted by Crippen LogP contribution is 2.87. The number of hydrogen-bond donors (Lipinski definition) is 4. The van der Waals surface area contributed by atoms with Gasteiger partial charge in [-0.05, 0) is 235 Å². The average Bonchev–Trinajstić information content (AvgIpc) is 2.44. The third-order valence-electron chi connectivity index (χ3n) is 24.9. The van der Waals surface area contributed by atoms with E-state index in [1.165, 1.54) is 118 Å². The Bertz CT molecular complexity index is 6690. The normalized spacial score (nSPS) is 30.8. The van der Waals surface area contributed by atoms with Gasteiger partial charge in [-0.25, -0.2) is 19.6 Å². The summed E-state index contributed by atoms with van der Waals surface area (Å²) in [6.07, 6.45) is 0. The highest BCUT2D eigenvalue weighted by Gasteiger charge is 2.84. The van der Waals surface area contributed by atoms with E-state index in [4.69, 9.17) is 29.0 Å². The Morgan fingerprint density at radius 2 is 0.449 bits per heavy atom. The molecule has 10 heteroatoms. The SMILES string of the molecule is CC(C)(C)OOC12C3=C4OC5(O)c6c1c1c7c2c2c8c9c%10c%11c%12c%13c%14c%15c%16c%17c(c5c5c6c6c1c1c%18c7c8c7c8c9c%12c9c%12c%13c%16c%13c%16c%17c5c5c6c1c1c(c%187)c(c98)c(c%12%13)c1c5%16)C%15(O)C4(O)C(=C3C%102OOC(C)(C)C)OC%11%14O. The second-order valence-corrected chi connectivity index (χ2v) is 29.0. The van der Waals surface area contributed by atoms with E-state index in [1.54, 1.807) is 0 Å². The van der Waals surface area contributed by atoms with Gasteiger partial charge in [-0.3, -0.25) is 0 Å². The largest absolute Gasteiger partial charge is 0.454 e. The molecule has 0 saturated carbocycles. The summed E-state index contributed by atoms with van der Waals surface area (Å²) in [6, 6.07) is 0. The number of hydrogen-bond acceptors (Lipinski definition) is 10. The van der Waals surface area contributed by atoms with E-state index < -0.39 is 45.2 Å². The van der Waals surface area contributed by atoms with E-state index in [-0.39, 0.29) is 11.5 Å². The summed E-state index contributed by atoms with van der Waals surface area (Å²) in [5, 5.41) is 108. The Balaban J connectivity index is 1.12. The third kappa shape index (κ3) is 1.92. The highest BCUT2D eigenvalue weighted by molar-refractivity contribution is 6.77. The predicted molar refractivity (Wildman–Crippen MR) is 293 cm³/mol. The molecule has 0 radical (unpaired) electrons. The summed E-state index contributed by atoms with van der Waals surface area (Å²) in [7, 11) is 0. The number of ether oxygens (including phenoxy) is 2. The lowest BCUT2D eigenvalue weighted by Gasteiger charge is -2.46. The molecule has 0 aromatic heterocycles. The van der Waals surface area contributed by atoms with Gasteiger partial charge in [0.15, 0.2) is 28.3 Å². The van der Waals surface area contributed by atoms with Crippen molar-refractivity contribution in [1.29, 1.82) is 0 Å². The molecule has 21 aromatic rings. The van der Waals surface area contributed by atoms with Crippen molar-refractivity contribution in [3.8, 4) is 0 Å². The second-order valence-electron chi connectivity index (χ2n) is 29.0. The first-order valence-corrected chi connectivity index (χ1v) is 27.9. The quantitative estimate of drug-likeness (QED) is 0.0766. The van der Waals surface area contributed by atoms with E-state index >= 15 is 20.4 Å². The van der Waals surface area contributed by atoms with E-state index in [0.717, 1.165) is 119 Å². The van der Waals surface area contributed by atoms with Gasteiger partial charge in [0, 0.05) is 88.3 Å². The Kier molecular flexibility index (Phi) is 3.20. The molecule has 0 fully saturated rings. The maximum Gasteiger partial charge on any atom is 0.263 e. The molecular formula is C68H22O10. The Morgan fingerprint density at radius 3 is 0.692 bits per heavy atom. The molecule has 78 heavy (non-hydrogen) atoms. The monoisotopic (exact) mass is 998 g/mol. The Labute approximate surface area is 428 Å². The van der Waals surface area contributed by atoms with Gasteiger partial charge in [0.25, 0.3) is 11.6 Å². The van der Waals surface area contributed by atoms with Gasteiger partial charge < -0.3 is 29.9 Å². The van der Waals surface area contributed by atoms with Crippen LogP contribution in [0.15, 0.2) is 22.7 Å². The minimum absolute atomic E-state index is 0.0921. The fourth-order valence-corrected chi connectivity index (χ4v) is 24.3. The molecule has 4 heterocycles. The van der Waals surface area contributed by atoms with Crippen molar-refractivity contribution in [2.75, 3.05) is 0 Å². The number of benzene rings is 15. The molecule has 0 spiro atoms. The third-order valence-corrected chi connectivity index (χ3v) is 24.9. The fourth-order valence-electron chi connectivity index (χ4n) is 24.3. The van der Waals surface area contributed by atoms with Crippen molar-refractivity contribution in [3.05, 3.63) is 78.3 Å². The number of aliphatic hydroxyl groups is 4. The molecule has 4 aliphatic heterocycles. The average molecular weight is 999 g/mol. The minimum atomic E-state index is -2.67. The fraction of sp³-hybridized carbons (Fsp3) is 0.206. The summed E-state index contributed by atoms with van der Waals surface area (Å²) >= 11 is 0. The van der Waals surface area contributed by atoms with Crippen LogP contribution >= 0.6 is 0 Å². The Morgan fingerprint density at radius 1 is 0.256 bits per heavy atom. The molecule has 4 atom stereocenters. The van der Waals surface area contributed by atoms with E-state index in [0.29, 0.717) is 44.5 Å². The summed E-state index contributed by atoms with van der Waals surface area (Å²) in [5.41, 5.74) is -3.75. The maximum atomic E-state index is 15.8. The van der Waals surface area contributed by atoms with Crippen LogP contribution in [-0.2, 0) is 57.4 Å². The first-order valence-electron chi connectivity index (χ1n) is 27.9. The topological polar surface area (TPSA) is 136 Å². The molecule has 0 saturated heterocycles. The van der Waals surface area contributed by atoms with Crippen molar-refractivity contribution < 1.29 is 49.5 Å². The molecule has 4 bridgehead atoms. The zero-order valence-electron chi connectivity index (χ0n) is 41.2. The highest BCUT2D eigenvalue weighted by atomic mass is 17.2. The van der Waals surface area contributed by atoms with Crippen LogP contribution in [0.1, 0.15) is 97.2 Å². The van der Waals surface area contributed by atoms with Crippen LogP contribution in [-0.4, -0.2) is 37.2 Å². The molecule has 32 rings (SSSR count). The lowest BCUT2D eigenvalue weighted by atomic mass is 9.63. The van der Waals surface area contributed by atoms with Crippen molar-refractivity contribution in [1.82, 2.24) is 0 Å². The predicted octanol–water partition coefficient (Wildman–Crippen LogP) is 13.1. The van der Waals surface area contributed by atoms with E-state index in [9.17, 15) is 0 Å². The molecule has 0 amide bonds. The summed E-state index contributed by atoms with van der Waals surface area (Å²) in [6.45, 7) is 11.9. The lowest BCUT2D eigenvalue weighted by Crippen LogP contribution is -2.53. The standard InChI is InChI=1S/C68H22O10/c1-61(2,3)75-77-63-47-37-27-17-12-7-8-10-11-9(7)14-20-18(12)28(27)38-40-30(20)34-24(14)26-16(11)22-21-15(10)25-23-13(8)19(17)29-33(23)43-45-35(25)31(21)41-42-32(22)36(26)46-44(34)54-50(40)64(48(38)47,78-76-62(4,5)6)58-57(63)59-66(70)60(58)74-68(54,72)56(46)52(42)65(66,69)51(41)55(45)67(71,73-59)53(43)49(63)39(29)37/h69-72H,1-6H3. The van der Waals surface area contributed by atoms with Crippen LogP contribution in [0.4, 0.5) is 0 Å². The lowest BCUT2D eigenvalue weighted by molar-refractivity contribution is -0.402. The van der Waals surface area contributed by atoms with Gasteiger partial charge in [-0.2, -0.15) is 0 Å². The van der Waals surface area contributed by atoms with Crippen LogP contribution in [0.5, 0.6) is 0 Å². The van der Waals surface area contributed by atoms with Crippen LogP contribution in [0.25, 0.3) is 215 Å². The molecule has 10 nitrogen and oxygen atoms in total. The Hall–Kier alpha value is -7.74. The summed E-state index contributed by atoms with van der Waals surface area (Å²) in [5.74, 6) is -4.79. The van der Waals surface area contributed by atoms with Crippen molar-refractivity contribution in [3.63, 3.8) is 0 Å². The first kappa shape index (κ1) is 33.5. The van der Waals surface area contributed by atoms with E-state index in [1.807, 2.05) is 41.5 Å². The molecule has 21 aromatic carbocycles. The van der Waals surface area contributed by atoms with Crippen molar-refractivity contribution >= 4 is 215 Å². The molecule has 4 N–H and O–H groups in total. The number of rotatable bonds is 4. The smallest absolute Gasteiger partial charge is 0.263 e. The second kappa shape index (κ2) is 7.44. The van der Waals surface area contributed by atoms with Crippen LogP contribution < -0.4 is 0 Å². The van der Waals surface area contributed by atoms with Crippen molar-refractivity contribution in [2.45, 2.75) is 86.7 Å². The van der Waals surface area contributed by atoms with Gasteiger partial charge in [-0.15, -0.1) is 0 Å². The minimum Gasteiger partial charge on any atom is -0.454 e. The molecular weight excluding hydrogens is 977 g/mol. The van der Waals surface area contributed by atoms with Gasteiger partial charge >= 0.3 is 0 Å². The first-order chi connectivity index (χ1) is 37.6. The van der Waals surface area contributed by atoms with Gasteiger partial charge in [0.1, 0.15) is 0 Å². The van der Waals surface area contributed by atoms with Gasteiger partial charge in [0.2, 0.25) is 5.60 Å². The van der Waals surface area contributed by atoms with Gasteiger partial charge in [-0.1, -0.05) is 0 Å². The van der Waals surface area contributed by atoms with Crippen molar-refractivity contribution in [2.24, 2.45) is 0 Å². The molecule has 354 valence electrons. The molecule has 11 aliphatic rings.